The lowest BCUT2D eigenvalue weighted by Gasteiger charge is -2.19. The predicted molar refractivity (Wildman–Crippen MR) is 94.7 cm³/mol. The second-order valence-electron chi connectivity index (χ2n) is 6.08. The first-order valence-corrected chi connectivity index (χ1v) is 9.04. The highest BCUT2D eigenvalue weighted by Crippen LogP contribution is 2.32. The lowest BCUT2D eigenvalue weighted by Crippen LogP contribution is -2.18. The molecule has 0 radical (unpaired) electrons. The Bertz CT molecular complexity index is 677. The van der Waals surface area contributed by atoms with Gasteiger partial charge in [-0.15, -0.1) is 0 Å². The van der Waals surface area contributed by atoms with Crippen LogP contribution in [-0.2, 0) is 17.6 Å². The zero-order valence-corrected chi connectivity index (χ0v) is 14.6. The number of nitrogens with two attached hydrogens (primary N) is 1. The summed E-state index contributed by atoms with van der Waals surface area (Å²) in [5, 5.41) is 0. The molecule has 116 valence electrons. The number of hydrogen-bond donors (Lipinski definition) is 1. The van der Waals surface area contributed by atoms with Crippen LogP contribution in [0.1, 0.15) is 48.1 Å². The summed E-state index contributed by atoms with van der Waals surface area (Å²) in [4.78, 5) is 14.0. The second kappa shape index (κ2) is 5.88. The van der Waals surface area contributed by atoms with Crippen LogP contribution in [0.4, 0.5) is 0 Å². The number of fused-ring (bicyclic) bond motifs is 3. The van der Waals surface area contributed by atoms with Gasteiger partial charge >= 0.3 is 0 Å². The minimum atomic E-state index is 0.240. The molecule has 1 fully saturated rings. The molecule has 1 aliphatic carbocycles. The third-order valence-corrected chi connectivity index (χ3v) is 5.39. The van der Waals surface area contributed by atoms with Crippen LogP contribution < -0.4 is 5.73 Å². The Morgan fingerprint density at radius 3 is 2.91 bits per heavy atom. The summed E-state index contributed by atoms with van der Waals surface area (Å²) in [5.41, 5.74) is 10.8. The molecule has 1 aromatic rings. The van der Waals surface area contributed by atoms with Crippen molar-refractivity contribution < 1.29 is 4.74 Å². The SMILES string of the molecule is NC1=NC(=NCC2CCCO2)c2c3c(nc(I)c21)CCCC3. The lowest BCUT2D eigenvalue weighted by atomic mass is 9.90. The van der Waals surface area contributed by atoms with Crippen LogP contribution in [0.2, 0.25) is 0 Å². The summed E-state index contributed by atoms with van der Waals surface area (Å²) in [6, 6.07) is 0. The van der Waals surface area contributed by atoms with Crippen LogP contribution in [0.15, 0.2) is 9.98 Å². The molecule has 3 aliphatic rings. The van der Waals surface area contributed by atoms with Crippen molar-refractivity contribution in [2.45, 2.75) is 44.6 Å². The van der Waals surface area contributed by atoms with Gasteiger partial charge in [-0.3, -0.25) is 4.99 Å². The minimum Gasteiger partial charge on any atom is -0.383 e. The van der Waals surface area contributed by atoms with E-state index in [-0.39, 0.29) is 6.10 Å². The van der Waals surface area contributed by atoms with Gasteiger partial charge in [0.15, 0.2) is 5.84 Å². The Balaban J connectivity index is 1.75. The Morgan fingerprint density at radius 1 is 1.23 bits per heavy atom. The van der Waals surface area contributed by atoms with Gasteiger partial charge in [0.25, 0.3) is 0 Å². The van der Waals surface area contributed by atoms with Crippen LogP contribution in [0.3, 0.4) is 0 Å². The summed E-state index contributed by atoms with van der Waals surface area (Å²) in [6.07, 6.45) is 7.00. The number of rotatable bonds is 2. The summed E-state index contributed by atoms with van der Waals surface area (Å²) in [7, 11) is 0. The van der Waals surface area contributed by atoms with Gasteiger partial charge in [-0.1, -0.05) is 0 Å². The van der Waals surface area contributed by atoms with Crippen molar-refractivity contribution in [2.24, 2.45) is 15.7 Å². The smallest absolute Gasteiger partial charge is 0.158 e. The van der Waals surface area contributed by atoms with Crippen LogP contribution in [-0.4, -0.2) is 35.9 Å². The molecule has 5 nitrogen and oxygen atoms in total. The van der Waals surface area contributed by atoms with E-state index in [4.69, 9.17) is 20.4 Å². The summed E-state index contributed by atoms with van der Waals surface area (Å²) in [6.45, 7) is 1.54. The molecular weight excluding hydrogens is 391 g/mol. The third kappa shape index (κ3) is 2.46. The molecule has 6 heteroatoms. The van der Waals surface area contributed by atoms with Crippen LogP contribution in [0, 0.1) is 3.70 Å². The maximum atomic E-state index is 6.15. The largest absolute Gasteiger partial charge is 0.383 e. The van der Waals surface area contributed by atoms with Crippen LogP contribution >= 0.6 is 22.6 Å². The number of pyridine rings is 1. The molecule has 0 aromatic carbocycles. The molecule has 1 saturated heterocycles. The number of aryl methyl sites for hydroxylation is 1. The molecule has 1 atom stereocenters. The molecule has 4 rings (SSSR count). The average molecular weight is 410 g/mol. The molecule has 0 amide bonds. The van der Waals surface area contributed by atoms with Gasteiger partial charge in [0, 0.05) is 17.9 Å². The number of ether oxygens (including phenoxy) is 1. The highest BCUT2D eigenvalue weighted by atomic mass is 127. The van der Waals surface area contributed by atoms with E-state index in [9.17, 15) is 0 Å². The topological polar surface area (TPSA) is 72.9 Å². The molecular formula is C16H19IN4O. The fraction of sp³-hybridized carbons (Fsp3) is 0.562. The average Bonchev–Trinajstić information content (AvgIpc) is 3.13. The zero-order chi connectivity index (χ0) is 15.1. The van der Waals surface area contributed by atoms with Crippen LogP contribution in [0.5, 0.6) is 0 Å². The number of halogens is 1. The van der Waals surface area contributed by atoms with E-state index in [0.29, 0.717) is 12.4 Å². The number of amidine groups is 2. The van der Waals surface area contributed by atoms with Gasteiger partial charge in [0.1, 0.15) is 9.54 Å². The Kier molecular flexibility index (Phi) is 3.89. The Labute approximate surface area is 143 Å². The molecule has 1 unspecified atom stereocenters. The minimum absolute atomic E-state index is 0.240. The van der Waals surface area contributed by atoms with Gasteiger partial charge in [0.05, 0.1) is 18.2 Å². The molecule has 0 saturated carbocycles. The summed E-state index contributed by atoms with van der Waals surface area (Å²) < 4.78 is 6.62. The molecule has 0 bridgehead atoms. The van der Waals surface area contributed by atoms with Crippen molar-refractivity contribution >= 4 is 34.3 Å². The maximum Gasteiger partial charge on any atom is 0.158 e. The third-order valence-electron chi connectivity index (χ3n) is 4.60. The van der Waals surface area contributed by atoms with Crippen LogP contribution in [0.25, 0.3) is 0 Å². The first-order chi connectivity index (χ1) is 10.7. The maximum absolute atomic E-state index is 6.15. The fourth-order valence-corrected chi connectivity index (χ4v) is 4.35. The van der Waals surface area contributed by atoms with Crippen molar-refractivity contribution in [3.63, 3.8) is 0 Å². The van der Waals surface area contributed by atoms with Crippen molar-refractivity contribution in [3.05, 3.63) is 26.1 Å². The van der Waals surface area contributed by atoms with Crippen molar-refractivity contribution in [1.29, 1.82) is 0 Å². The molecule has 0 spiro atoms. The highest BCUT2D eigenvalue weighted by Gasteiger charge is 2.30. The van der Waals surface area contributed by atoms with E-state index in [0.717, 1.165) is 53.0 Å². The van der Waals surface area contributed by atoms with E-state index in [2.05, 4.69) is 27.6 Å². The number of aliphatic imine (C=N–C) groups is 2. The normalized spacial score (nSPS) is 25.2. The Morgan fingerprint density at radius 2 is 2.09 bits per heavy atom. The zero-order valence-electron chi connectivity index (χ0n) is 12.4. The molecule has 22 heavy (non-hydrogen) atoms. The molecule has 3 heterocycles. The first-order valence-electron chi connectivity index (χ1n) is 7.96. The van der Waals surface area contributed by atoms with Crippen molar-refractivity contribution in [2.75, 3.05) is 13.2 Å². The summed E-state index contributed by atoms with van der Waals surface area (Å²) in [5.74, 6) is 1.35. The van der Waals surface area contributed by atoms with E-state index in [1.807, 2.05) is 0 Å². The quantitative estimate of drug-likeness (QED) is 0.600. The van der Waals surface area contributed by atoms with E-state index < -0.39 is 0 Å². The second-order valence-corrected chi connectivity index (χ2v) is 7.10. The van der Waals surface area contributed by atoms with Gasteiger partial charge in [-0.2, -0.15) is 0 Å². The Hall–Kier alpha value is -1.02. The highest BCUT2D eigenvalue weighted by molar-refractivity contribution is 14.1. The molecule has 1 aromatic heterocycles. The van der Waals surface area contributed by atoms with Crippen molar-refractivity contribution in [1.82, 2.24) is 4.98 Å². The van der Waals surface area contributed by atoms with Gasteiger partial charge < -0.3 is 10.5 Å². The fourth-order valence-electron chi connectivity index (χ4n) is 3.51. The van der Waals surface area contributed by atoms with E-state index in [1.165, 1.54) is 24.1 Å². The number of aromatic nitrogens is 1. The lowest BCUT2D eigenvalue weighted by molar-refractivity contribution is 0.118. The standard InChI is InChI=1S/C16H19IN4O/c17-14-13-12(10-5-1-2-6-11(10)20-14)16(21-15(13)18)19-8-9-4-3-7-22-9/h9H,1-8H2,(H2,18,19,21). The van der Waals surface area contributed by atoms with E-state index in [1.54, 1.807) is 0 Å². The summed E-state index contributed by atoms with van der Waals surface area (Å²) >= 11 is 2.27. The number of nitrogens with zero attached hydrogens (tertiary/aromatic N) is 3. The molecule has 2 N–H and O–H groups in total. The van der Waals surface area contributed by atoms with Gasteiger partial charge in [-0.05, 0) is 66.7 Å². The van der Waals surface area contributed by atoms with E-state index >= 15 is 0 Å². The molecule has 2 aliphatic heterocycles. The monoisotopic (exact) mass is 410 g/mol. The first kappa shape index (κ1) is 14.6. The predicted octanol–water partition coefficient (Wildman–Crippen LogP) is 2.21. The number of hydrogen-bond acceptors (Lipinski definition) is 4. The van der Waals surface area contributed by atoms with Gasteiger partial charge in [-0.25, -0.2) is 9.98 Å². The van der Waals surface area contributed by atoms with Crippen molar-refractivity contribution in [3.8, 4) is 0 Å². The van der Waals surface area contributed by atoms with Gasteiger partial charge in [0.2, 0.25) is 0 Å².